The van der Waals surface area contributed by atoms with Gasteiger partial charge >= 0.3 is 5.69 Å². The highest BCUT2D eigenvalue weighted by atomic mass is 16.5. The Hall–Kier alpha value is -1.92. The fraction of sp³-hybridized carbons (Fsp3) is 0.529. The van der Waals surface area contributed by atoms with Crippen LogP contribution in [0.4, 0.5) is 0 Å². The van der Waals surface area contributed by atoms with Gasteiger partial charge in [0, 0.05) is 19.1 Å². The molecule has 1 aromatic heterocycles. The third kappa shape index (κ3) is 3.54. The molecule has 0 saturated carbocycles. The molecule has 0 radical (unpaired) electrons. The monoisotopic (exact) mass is 316 g/mol. The van der Waals surface area contributed by atoms with Crippen LogP contribution in [-0.4, -0.2) is 40.7 Å². The van der Waals surface area contributed by atoms with Crippen LogP contribution in [-0.2, 0) is 11.3 Å². The number of para-hydroxylation sites is 1. The van der Waals surface area contributed by atoms with Crippen LogP contribution in [0.1, 0.15) is 31.5 Å². The van der Waals surface area contributed by atoms with Crippen LogP contribution in [0.5, 0.6) is 0 Å². The molecule has 6 heteroatoms. The predicted molar refractivity (Wildman–Crippen MR) is 89.2 cm³/mol. The minimum absolute atomic E-state index is 0.0866. The number of rotatable bonds is 6. The molecule has 1 atom stereocenters. The Morgan fingerprint density at radius 2 is 2.17 bits per heavy atom. The second kappa shape index (κ2) is 7.57. The molecule has 1 N–H and O–H groups in total. The first-order valence-corrected chi connectivity index (χ1v) is 8.35. The summed E-state index contributed by atoms with van der Waals surface area (Å²) in [4.78, 5) is 12.8. The lowest BCUT2D eigenvalue weighted by Crippen LogP contribution is -2.31. The van der Waals surface area contributed by atoms with Gasteiger partial charge in [-0.15, -0.1) is 0 Å². The molecule has 1 aromatic carbocycles. The lowest BCUT2D eigenvalue weighted by Gasteiger charge is -2.22. The molecular weight excluding hydrogens is 292 g/mol. The van der Waals surface area contributed by atoms with Crippen LogP contribution in [0, 0.1) is 0 Å². The summed E-state index contributed by atoms with van der Waals surface area (Å²) in [5.41, 5.74) is 0.789. The Labute approximate surface area is 136 Å². The number of benzene rings is 1. The molecule has 0 aliphatic carbocycles. The molecule has 1 aliphatic heterocycles. The summed E-state index contributed by atoms with van der Waals surface area (Å²) in [6, 6.07) is 9.76. The van der Waals surface area contributed by atoms with Gasteiger partial charge in [0.1, 0.15) is 5.82 Å². The van der Waals surface area contributed by atoms with Crippen LogP contribution >= 0.6 is 0 Å². The van der Waals surface area contributed by atoms with Crippen LogP contribution in [0.15, 0.2) is 35.1 Å². The minimum atomic E-state index is -0.0866. The van der Waals surface area contributed by atoms with Crippen LogP contribution < -0.4 is 11.0 Å². The fourth-order valence-electron chi connectivity index (χ4n) is 3.02. The molecule has 3 rings (SSSR count). The Kier molecular flexibility index (Phi) is 5.25. The summed E-state index contributed by atoms with van der Waals surface area (Å²) in [7, 11) is 0. The maximum atomic E-state index is 12.8. The third-order valence-electron chi connectivity index (χ3n) is 4.19. The van der Waals surface area contributed by atoms with Crippen molar-refractivity contribution < 1.29 is 4.74 Å². The van der Waals surface area contributed by atoms with Crippen molar-refractivity contribution in [3.8, 4) is 5.69 Å². The van der Waals surface area contributed by atoms with Gasteiger partial charge in [-0.25, -0.2) is 14.0 Å². The number of hydrogen-bond donors (Lipinski definition) is 1. The summed E-state index contributed by atoms with van der Waals surface area (Å²) < 4.78 is 8.66. The van der Waals surface area contributed by atoms with Crippen molar-refractivity contribution in [1.29, 1.82) is 0 Å². The van der Waals surface area contributed by atoms with E-state index in [0.29, 0.717) is 19.8 Å². The van der Waals surface area contributed by atoms with Gasteiger partial charge in [-0.1, -0.05) is 18.2 Å². The molecule has 0 amide bonds. The van der Waals surface area contributed by atoms with E-state index >= 15 is 0 Å². The first-order chi connectivity index (χ1) is 11.3. The first kappa shape index (κ1) is 16.0. The van der Waals surface area contributed by atoms with Gasteiger partial charge in [-0.05, 0) is 38.4 Å². The molecule has 1 fully saturated rings. The highest BCUT2D eigenvalue weighted by Gasteiger charge is 2.24. The molecule has 2 aromatic rings. The minimum Gasteiger partial charge on any atom is -0.380 e. The molecule has 23 heavy (non-hydrogen) atoms. The maximum Gasteiger partial charge on any atom is 0.350 e. The molecule has 124 valence electrons. The number of nitrogens with zero attached hydrogens (tertiary/aromatic N) is 3. The first-order valence-electron chi connectivity index (χ1n) is 8.35. The highest BCUT2D eigenvalue weighted by Crippen LogP contribution is 2.22. The number of nitrogens with one attached hydrogen (secondary N) is 1. The van der Waals surface area contributed by atoms with E-state index in [1.54, 1.807) is 4.57 Å². The van der Waals surface area contributed by atoms with E-state index in [0.717, 1.165) is 37.4 Å². The van der Waals surface area contributed by atoms with Crippen molar-refractivity contribution in [2.45, 2.75) is 32.2 Å². The quantitative estimate of drug-likeness (QED) is 0.821. The zero-order valence-corrected chi connectivity index (χ0v) is 13.6. The Balaban J connectivity index is 1.98. The van der Waals surface area contributed by atoms with Crippen molar-refractivity contribution >= 4 is 0 Å². The SMILES string of the molecule is CCOCCn1nc([C@H]2CCCNC2)n(-c2ccccc2)c1=O. The summed E-state index contributed by atoms with van der Waals surface area (Å²) in [6.45, 7) is 5.49. The van der Waals surface area contributed by atoms with Gasteiger partial charge in [-0.3, -0.25) is 0 Å². The molecular formula is C17H24N4O2. The van der Waals surface area contributed by atoms with E-state index in [9.17, 15) is 4.79 Å². The third-order valence-corrected chi connectivity index (χ3v) is 4.19. The van der Waals surface area contributed by atoms with Crippen molar-refractivity contribution in [2.75, 3.05) is 26.3 Å². The van der Waals surface area contributed by atoms with Gasteiger partial charge in [0.05, 0.1) is 18.8 Å². The summed E-state index contributed by atoms with van der Waals surface area (Å²) in [5.74, 6) is 1.12. The Bertz CT molecular complexity index is 672. The fourth-order valence-corrected chi connectivity index (χ4v) is 3.02. The van der Waals surface area contributed by atoms with E-state index in [4.69, 9.17) is 4.74 Å². The van der Waals surface area contributed by atoms with E-state index in [-0.39, 0.29) is 11.6 Å². The number of piperidine rings is 1. The van der Waals surface area contributed by atoms with Gasteiger partial charge < -0.3 is 10.1 Å². The number of aromatic nitrogens is 3. The summed E-state index contributed by atoms with van der Waals surface area (Å²) in [6.07, 6.45) is 2.17. The number of ether oxygens (including phenoxy) is 1. The van der Waals surface area contributed by atoms with E-state index < -0.39 is 0 Å². The summed E-state index contributed by atoms with van der Waals surface area (Å²) >= 11 is 0. The van der Waals surface area contributed by atoms with E-state index in [2.05, 4.69) is 10.4 Å². The molecule has 1 aliphatic rings. The Morgan fingerprint density at radius 1 is 1.35 bits per heavy atom. The summed E-state index contributed by atoms with van der Waals surface area (Å²) in [5, 5.41) is 8.03. The van der Waals surface area contributed by atoms with Crippen molar-refractivity contribution in [3.05, 3.63) is 46.6 Å². The molecule has 0 spiro atoms. The average Bonchev–Trinajstić information content (AvgIpc) is 2.93. The Morgan fingerprint density at radius 3 is 2.87 bits per heavy atom. The molecule has 0 unspecified atom stereocenters. The van der Waals surface area contributed by atoms with Gasteiger partial charge in [0.2, 0.25) is 0 Å². The molecule has 0 bridgehead atoms. The lowest BCUT2D eigenvalue weighted by atomic mass is 9.99. The highest BCUT2D eigenvalue weighted by molar-refractivity contribution is 5.33. The molecule has 1 saturated heterocycles. The topological polar surface area (TPSA) is 61.1 Å². The van der Waals surface area contributed by atoms with Crippen molar-refractivity contribution in [2.24, 2.45) is 0 Å². The largest absolute Gasteiger partial charge is 0.380 e. The average molecular weight is 316 g/mol. The predicted octanol–water partition coefficient (Wildman–Crippen LogP) is 1.54. The van der Waals surface area contributed by atoms with Gasteiger partial charge in [0.15, 0.2) is 0 Å². The second-order valence-corrected chi connectivity index (χ2v) is 5.78. The zero-order chi connectivity index (χ0) is 16.1. The lowest BCUT2D eigenvalue weighted by molar-refractivity contribution is 0.135. The normalized spacial score (nSPS) is 18.2. The van der Waals surface area contributed by atoms with Crippen LogP contribution in [0.25, 0.3) is 5.69 Å². The molecule has 6 nitrogen and oxygen atoms in total. The molecule has 2 heterocycles. The number of hydrogen-bond acceptors (Lipinski definition) is 4. The van der Waals surface area contributed by atoms with Crippen molar-refractivity contribution in [3.63, 3.8) is 0 Å². The smallest absolute Gasteiger partial charge is 0.350 e. The van der Waals surface area contributed by atoms with E-state index in [1.807, 2.05) is 37.3 Å². The zero-order valence-electron chi connectivity index (χ0n) is 13.6. The van der Waals surface area contributed by atoms with Crippen LogP contribution in [0.2, 0.25) is 0 Å². The van der Waals surface area contributed by atoms with Crippen LogP contribution in [0.3, 0.4) is 0 Å². The standard InChI is InChI=1S/C17H24N4O2/c1-2-23-12-11-20-17(22)21(15-8-4-3-5-9-15)16(19-20)14-7-6-10-18-13-14/h3-5,8-9,14,18H,2,6-7,10-13H2,1H3/t14-/m0/s1. The van der Waals surface area contributed by atoms with Gasteiger partial charge in [-0.2, -0.15) is 5.10 Å². The van der Waals surface area contributed by atoms with Crippen molar-refractivity contribution in [1.82, 2.24) is 19.7 Å². The van der Waals surface area contributed by atoms with Gasteiger partial charge in [0.25, 0.3) is 0 Å². The second-order valence-electron chi connectivity index (χ2n) is 5.78. The maximum absolute atomic E-state index is 12.8. The van der Waals surface area contributed by atoms with E-state index in [1.165, 1.54) is 4.68 Å².